The molecule has 0 spiro atoms. The van der Waals surface area contributed by atoms with Crippen molar-refractivity contribution >= 4 is 5.52 Å². The molecule has 2 heterocycles. The van der Waals surface area contributed by atoms with Crippen LogP contribution in [0.4, 0.5) is 0 Å². The van der Waals surface area contributed by atoms with E-state index in [9.17, 15) is 0 Å². The normalized spacial score (nSPS) is 11.1. The minimum absolute atomic E-state index is 0.638. The summed E-state index contributed by atoms with van der Waals surface area (Å²) in [4.78, 5) is 4.81. The fourth-order valence-electron chi connectivity index (χ4n) is 2.80. The standard InChI is InChI=1S/C18H21N3/c1-14-6-2-3-7-15(14)9-10-18-20-16(11-12-19)17-8-4-5-13-21(17)18/h2-8,13H,9-12,19H2,1H3. The molecule has 0 aliphatic heterocycles. The molecule has 0 bridgehead atoms. The Morgan fingerprint density at radius 3 is 2.62 bits per heavy atom. The van der Waals surface area contributed by atoms with Crippen molar-refractivity contribution in [3.05, 3.63) is 71.3 Å². The van der Waals surface area contributed by atoms with Gasteiger partial charge in [-0.05, 0) is 43.1 Å². The van der Waals surface area contributed by atoms with Crippen LogP contribution in [-0.4, -0.2) is 15.9 Å². The largest absolute Gasteiger partial charge is 0.330 e. The first-order valence-electron chi connectivity index (χ1n) is 7.49. The molecule has 2 N–H and O–H groups in total. The van der Waals surface area contributed by atoms with E-state index in [-0.39, 0.29) is 0 Å². The first-order valence-corrected chi connectivity index (χ1v) is 7.49. The summed E-state index contributed by atoms with van der Waals surface area (Å²) in [6.45, 7) is 2.80. The molecule has 0 atom stereocenters. The zero-order valence-electron chi connectivity index (χ0n) is 12.4. The van der Waals surface area contributed by atoms with Crippen LogP contribution in [0.1, 0.15) is 22.6 Å². The highest BCUT2D eigenvalue weighted by Gasteiger charge is 2.10. The van der Waals surface area contributed by atoms with E-state index in [1.54, 1.807) is 0 Å². The van der Waals surface area contributed by atoms with Crippen LogP contribution in [0.2, 0.25) is 0 Å². The van der Waals surface area contributed by atoms with Gasteiger partial charge in [0.25, 0.3) is 0 Å². The molecule has 0 saturated heterocycles. The lowest BCUT2D eigenvalue weighted by Crippen LogP contribution is -2.03. The Bertz CT molecular complexity index is 743. The van der Waals surface area contributed by atoms with Gasteiger partial charge < -0.3 is 10.1 Å². The smallest absolute Gasteiger partial charge is 0.113 e. The summed E-state index contributed by atoms with van der Waals surface area (Å²) in [6.07, 6.45) is 4.89. The van der Waals surface area contributed by atoms with E-state index in [0.717, 1.165) is 30.8 Å². The van der Waals surface area contributed by atoms with Gasteiger partial charge in [-0.25, -0.2) is 4.98 Å². The van der Waals surface area contributed by atoms with Gasteiger partial charge in [0, 0.05) is 19.0 Å². The number of rotatable bonds is 5. The van der Waals surface area contributed by atoms with E-state index < -0.39 is 0 Å². The van der Waals surface area contributed by atoms with Gasteiger partial charge in [-0.2, -0.15) is 0 Å². The number of imidazole rings is 1. The van der Waals surface area contributed by atoms with Crippen molar-refractivity contribution in [3.63, 3.8) is 0 Å². The molecule has 0 aliphatic carbocycles. The molecular weight excluding hydrogens is 258 g/mol. The third-order valence-electron chi connectivity index (χ3n) is 3.96. The summed E-state index contributed by atoms with van der Waals surface area (Å²) in [5.41, 5.74) is 10.7. The second-order valence-corrected chi connectivity index (χ2v) is 5.40. The Hall–Kier alpha value is -2.13. The highest BCUT2D eigenvalue weighted by Crippen LogP contribution is 2.16. The Morgan fingerprint density at radius 2 is 1.81 bits per heavy atom. The number of aromatic nitrogens is 2. The number of fused-ring (bicyclic) bond motifs is 1. The zero-order chi connectivity index (χ0) is 14.7. The van der Waals surface area contributed by atoms with Gasteiger partial charge in [0.05, 0.1) is 11.2 Å². The van der Waals surface area contributed by atoms with Crippen LogP contribution in [0, 0.1) is 6.92 Å². The number of hydrogen-bond donors (Lipinski definition) is 1. The Morgan fingerprint density at radius 1 is 1.00 bits per heavy atom. The summed E-state index contributed by atoms with van der Waals surface area (Å²) in [5.74, 6) is 1.12. The van der Waals surface area contributed by atoms with Crippen LogP contribution in [0.3, 0.4) is 0 Å². The highest BCUT2D eigenvalue weighted by molar-refractivity contribution is 5.53. The van der Waals surface area contributed by atoms with E-state index in [2.05, 4.69) is 60.0 Å². The van der Waals surface area contributed by atoms with Gasteiger partial charge in [0.2, 0.25) is 0 Å². The summed E-state index contributed by atoms with van der Waals surface area (Å²) in [5, 5.41) is 0. The van der Waals surface area contributed by atoms with E-state index in [1.807, 2.05) is 0 Å². The molecule has 0 saturated carbocycles. The number of nitrogens with zero attached hydrogens (tertiary/aromatic N) is 2. The number of pyridine rings is 1. The SMILES string of the molecule is Cc1ccccc1CCc1nc(CCN)c2ccccn12. The molecule has 3 aromatic rings. The summed E-state index contributed by atoms with van der Waals surface area (Å²) < 4.78 is 2.20. The molecule has 0 radical (unpaired) electrons. The maximum Gasteiger partial charge on any atom is 0.113 e. The number of hydrogen-bond acceptors (Lipinski definition) is 2. The van der Waals surface area contributed by atoms with Crippen LogP contribution >= 0.6 is 0 Å². The molecule has 3 heteroatoms. The zero-order valence-corrected chi connectivity index (χ0v) is 12.4. The quantitative estimate of drug-likeness (QED) is 0.780. The van der Waals surface area contributed by atoms with E-state index in [4.69, 9.17) is 10.7 Å². The predicted octanol–water partition coefficient (Wildman–Crippen LogP) is 2.93. The number of aryl methyl sites for hydroxylation is 3. The van der Waals surface area contributed by atoms with Crippen molar-refractivity contribution in [2.75, 3.05) is 6.54 Å². The lowest BCUT2D eigenvalue weighted by atomic mass is 10.0. The van der Waals surface area contributed by atoms with Crippen molar-refractivity contribution in [2.24, 2.45) is 5.73 Å². The van der Waals surface area contributed by atoms with Gasteiger partial charge in [-0.15, -0.1) is 0 Å². The van der Waals surface area contributed by atoms with Crippen LogP contribution in [0.15, 0.2) is 48.7 Å². The maximum atomic E-state index is 5.70. The lowest BCUT2D eigenvalue weighted by Gasteiger charge is -2.05. The van der Waals surface area contributed by atoms with E-state index in [1.165, 1.54) is 16.6 Å². The van der Waals surface area contributed by atoms with Gasteiger partial charge >= 0.3 is 0 Å². The molecule has 0 amide bonds. The molecule has 108 valence electrons. The van der Waals surface area contributed by atoms with Gasteiger partial charge in [0.1, 0.15) is 5.82 Å². The first kappa shape index (κ1) is 13.8. The first-order chi connectivity index (χ1) is 10.3. The summed E-state index contributed by atoms with van der Waals surface area (Å²) >= 11 is 0. The topological polar surface area (TPSA) is 43.3 Å². The second-order valence-electron chi connectivity index (χ2n) is 5.40. The third kappa shape index (κ3) is 2.83. The van der Waals surface area contributed by atoms with Gasteiger partial charge in [0.15, 0.2) is 0 Å². The third-order valence-corrected chi connectivity index (χ3v) is 3.96. The molecule has 3 nitrogen and oxygen atoms in total. The van der Waals surface area contributed by atoms with Crippen molar-refractivity contribution in [1.29, 1.82) is 0 Å². The summed E-state index contributed by atoms with van der Waals surface area (Å²) in [6, 6.07) is 14.8. The van der Waals surface area contributed by atoms with E-state index >= 15 is 0 Å². The van der Waals surface area contributed by atoms with Crippen molar-refractivity contribution in [3.8, 4) is 0 Å². The Labute approximate surface area is 125 Å². The van der Waals surface area contributed by atoms with Crippen LogP contribution in [0.5, 0.6) is 0 Å². The van der Waals surface area contributed by atoms with Crippen molar-refractivity contribution in [2.45, 2.75) is 26.2 Å². The fraction of sp³-hybridized carbons (Fsp3) is 0.278. The average molecular weight is 279 g/mol. The van der Waals surface area contributed by atoms with Crippen LogP contribution < -0.4 is 5.73 Å². The minimum Gasteiger partial charge on any atom is -0.330 e. The monoisotopic (exact) mass is 279 g/mol. The minimum atomic E-state index is 0.638. The Balaban J connectivity index is 1.89. The van der Waals surface area contributed by atoms with Gasteiger partial charge in [-0.3, -0.25) is 0 Å². The predicted molar refractivity (Wildman–Crippen MR) is 86.5 cm³/mol. The van der Waals surface area contributed by atoms with Gasteiger partial charge in [-0.1, -0.05) is 30.3 Å². The molecule has 3 rings (SSSR count). The molecule has 0 fully saturated rings. The number of nitrogens with two attached hydrogens (primary N) is 1. The second kappa shape index (κ2) is 6.10. The Kier molecular flexibility index (Phi) is 4.02. The van der Waals surface area contributed by atoms with E-state index in [0.29, 0.717) is 6.54 Å². The molecular formula is C18H21N3. The molecule has 0 aliphatic rings. The highest BCUT2D eigenvalue weighted by atomic mass is 15.0. The van der Waals surface area contributed by atoms with Crippen LogP contribution in [-0.2, 0) is 19.3 Å². The maximum absolute atomic E-state index is 5.70. The molecule has 21 heavy (non-hydrogen) atoms. The van der Waals surface area contributed by atoms with Crippen molar-refractivity contribution in [1.82, 2.24) is 9.38 Å². The summed E-state index contributed by atoms with van der Waals surface area (Å²) in [7, 11) is 0. The molecule has 1 aromatic carbocycles. The number of benzene rings is 1. The van der Waals surface area contributed by atoms with Crippen molar-refractivity contribution < 1.29 is 0 Å². The average Bonchev–Trinajstić information content (AvgIpc) is 2.85. The van der Waals surface area contributed by atoms with Crippen LogP contribution in [0.25, 0.3) is 5.52 Å². The molecule has 0 unspecified atom stereocenters. The molecule has 2 aromatic heterocycles. The fourth-order valence-corrected chi connectivity index (χ4v) is 2.80. The lowest BCUT2D eigenvalue weighted by molar-refractivity contribution is 0.838.